The van der Waals surface area contributed by atoms with E-state index in [-0.39, 0.29) is 0 Å². The quantitative estimate of drug-likeness (QED) is 0.654. The molecule has 0 aliphatic rings. The van der Waals surface area contributed by atoms with Crippen molar-refractivity contribution in [3.8, 4) is 0 Å². The van der Waals surface area contributed by atoms with Crippen LogP contribution in [0.2, 0.25) is 0 Å². The monoisotopic (exact) mass is 225 g/mol. The molecule has 1 atom stereocenters. The van der Waals surface area contributed by atoms with Crippen LogP contribution in [0.5, 0.6) is 0 Å². The van der Waals surface area contributed by atoms with E-state index in [9.17, 15) is 8.42 Å². The van der Waals surface area contributed by atoms with Crippen LogP contribution in [0.15, 0.2) is 0 Å². The van der Waals surface area contributed by atoms with Crippen molar-refractivity contribution in [2.24, 2.45) is 5.73 Å². The third-order valence-corrected chi connectivity index (χ3v) is 3.99. The van der Waals surface area contributed by atoms with Gasteiger partial charge in [0, 0.05) is 11.5 Å². The van der Waals surface area contributed by atoms with Crippen LogP contribution in [-0.4, -0.2) is 38.0 Å². The van der Waals surface area contributed by atoms with Gasteiger partial charge in [0.1, 0.15) is 9.84 Å². The first-order chi connectivity index (χ1) is 5.95. The van der Waals surface area contributed by atoms with Gasteiger partial charge in [0.25, 0.3) is 0 Å². The molecule has 80 valence electrons. The van der Waals surface area contributed by atoms with Crippen molar-refractivity contribution in [1.29, 1.82) is 0 Å². The molecule has 0 bridgehead atoms. The van der Waals surface area contributed by atoms with E-state index in [1.54, 1.807) is 11.8 Å². The molecule has 0 rings (SSSR count). The number of hydrogen-bond acceptors (Lipinski definition) is 4. The first-order valence-corrected chi connectivity index (χ1v) is 7.56. The number of thioether (sulfide) groups is 1. The van der Waals surface area contributed by atoms with Gasteiger partial charge >= 0.3 is 0 Å². The molecule has 0 heterocycles. The summed E-state index contributed by atoms with van der Waals surface area (Å²) in [5.41, 5.74) is 5.39. The zero-order valence-electron chi connectivity index (χ0n) is 8.32. The van der Waals surface area contributed by atoms with Gasteiger partial charge in [0.05, 0.1) is 5.75 Å². The minimum Gasteiger partial charge on any atom is -0.330 e. The fourth-order valence-electron chi connectivity index (χ4n) is 0.924. The summed E-state index contributed by atoms with van der Waals surface area (Å²) in [5.74, 6) is 1.21. The molecule has 0 spiro atoms. The SMILES string of the molecule is CC(CCN)SCCCS(C)(=O)=O. The Kier molecular flexibility index (Phi) is 6.81. The number of sulfone groups is 1. The van der Waals surface area contributed by atoms with Crippen LogP contribution < -0.4 is 5.73 Å². The molecule has 0 saturated carbocycles. The van der Waals surface area contributed by atoms with Gasteiger partial charge in [-0.1, -0.05) is 6.92 Å². The Morgan fingerprint density at radius 2 is 2.08 bits per heavy atom. The lowest BCUT2D eigenvalue weighted by molar-refractivity contribution is 0.600. The van der Waals surface area contributed by atoms with E-state index in [0.717, 1.165) is 18.6 Å². The maximum Gasteiger partial charge on any atom is 0.147 e. The second-order valence-electron chi connectivity index (χ2n) is 3.24. The Morgan fingerprint density at radius 3 is 2.54 bits per heavy atom. The lowest BCUT2D eigenvalue weighted by atomic mass is 10.3. The van der Waals surface area contributed by atoms with E-state index in [1.165, 1.54) is 6.26 Å². The smallest absolute Gasteiger partial charge is 0.147 e. The molecule has 2 N–H and O–H groups in total. The second kappa shape index (κ2) is 6.68. The molecule has 0 aromatic rings. The van der Waals surface area contributed by atoms with E-state index in [1.807, 2.05) is 0 Å². The zero-order valence-corrected chi connectivity index (χ0v) is 9.96. The highest BCUT2D eigenvalue weighted by Gasteiger charge is 2.04. The van der Waals surface area contributed by atoms with Crippen LogP contribution in [0, 0.1) is 0 Å². The Labute approximate surface area is 85.4 Å². The van der Waals surface area contributed by atoms with E-state index < -0.39 is 9.84 Å². The first-order valence-electron chi connectivity index (χ1n) is 4.45. The fraction of sp³-hybridized carbons (Fsp3) is 1.00. The zero-order chi connectivity index (χ0) is 10.3. The van der Waals surface area contributed by atoms with Gasteiger partial charge in [-0.25, -0.2) is 8.42 Å². The molecule has 0 aromatic carbocycles. The van der Waals surface area contributed by atoms with E-state index in [2.05, 4.69) is 6.92 Å². The van der Waals surface area contributed by atoms with Crippen LogP contribution in [0.3, 0.4) is 0 Å². The summed E-state index contributed by atoms with van der Waals surface area (Å²) in [5, 5.41) is 0.546. The summed E-state index contributed by atoms with van der Waals surface area (Å²) in [6.45, 7) is 2.83. The molecule has 0 amide bonds. The van der Waals surface area contributed by atoms with Gasteiger partial charge in [0.15, 0.2) is 0 Å². The predicted molar refractivity (Wildman–Crippen MR) is 59.9 cm³/mol. The highest BCUT2D eigenvalue weighted by molar-refractivity contribution is 7.99. The summed E-state index contributed by atoms with van der Waals surface area (Å²) in [6, 6.07) is 0. The van der Waals surface area contributed by atoms with E-state index in [0.29, 0.717) is 17.5 Å². The van der Waals surface area contributed by atoms with Crippen molar-refractivity contribution < 1.29 is 8.42 Å². The maximum absolute atomic E-state index is 10.8. The minimum absolute atomic E-state index is 0.301. The van der Waals surface area contributed by atoms with Crippen molar-refractivity contribution in [1.82, 2.24) is 0 Å². The maximum atomic E-state index is 10.8. The standard InChI is InChI=1S/C8H19NO2S2/c1-8(4-5-9)12-6-3-7-13(2,10)11/h8H,3-7,9H2,1-2H3. The lowest BCUT2D eigenvalue weighted by Gasteiger charge is -2.08. The molecule has 0 aliphatic heterocycles. The fourth-order valence-corrected chi connectivity index (χ4v) is 2.79. The molecule has 1 unspecified atom stereocenters. The van der Waals surface area contributed by atoms with Crippen LogP contribution >= 0.6 is 11.8 Å². The Hall–Kier alpha value is 0.260. The van der Waals surface area contributed by atoms with Crippen LogP contribution in [-0.2, 0) is 9.84 Å². The molecule has 0 saturated heterocycles. The summed E-state index contributed by atoms with van der Waals surface area (Å²) in [4.78, 5) is 0. The normalized spacial score (nSPS) is 14.4. The third-order valence-electron chi connectivity index (χ3n) is 1.64. The minimum atomic E-state index is -2.77. The van der Waals surface area contributed by atoms with Gasteiger partial charge < -0.3 is 5.73 Å². The predicted octanol–water partition coefficient (Wildman–Crippen LogP) is 0.892. The van der Waals surface area contributed by atoms with Crippen molar-refractivity contribution in [3.63, 3.8) is 0 Å². The molecule has 0 radical (unpaired) electrons. The molecular formula is C8H19NO2S2. The topological polar surface area (TPSA) is 60.2 Å². The van der Waals surface area contributed by atoms with Crippen molar-refractivity contribution in [2.75, 3.05) is 24.3 Å². The van der Waals surface area contributed by atoms with Crippen molar-refractivity contribution >= 4 is 21.6 Å². The van der Waals surface area contributed by atoms with Gasteiger partial charge in [-0.3, -0.25) is 0 Å². The van der Waals surface area contributed by atoms with E-state index >= 15 is 0 Å². The first kappa shape index (κ1) is 13.3. The van der Waals surface area contributed by atoms with Crippen molar-refractivity contribution in [2.45, 2.75) is 25.0 Å². The molecular weight excluding hydrogens is 206 g/mol. The molecule has 0 aliphatic carbocycles. The van der Waals surface area contributed by atoms with Crippen molar-refractivity contribution in [3.05, 3.63) is 0 Å². The highest BCUT2D eigenvalue weighted by Crippen LogP contribution is 2.14. The van der Waals surface area contributed by atoms with Gasteiger partial charge in [-0.15, -0.1) is 0 Å². The molecule has 0 aromatic heterocycles. The summed E-state index contributed by atoms with van der Waals surface area (Å²) in [7, 11) is -2.77. The molecule has 13 heavy (non-hydrogen) atoms. The largest absolute Gasteiger partial charge is 0.330 e. The molecule has 5 heteroatoms. The second-order valence-corrected chi connectivity index (χ2v) is 7.05. The number of hydrogen-bond donors (Lipinski definition) is 1. The highest BCUT2D eigenvalue weighted by atomic mass is 32.2. The van der Waals surface area contributed by atoms with Crippen LogP contribution in [0.4, 0.5) is 0 Å². The summed E-state index contributed by atoms with van der Waals surface area (Å²) >= 11 is 1.80. The van der Waals surface area contributed by atoms with Gasteiger partial charge in [-0.05, 0) is 25.1 Å². The van der Waals surface area contributed by atoms with Crippen LogP contribution in [0.25, 0.3) is 0 Å². The Bertz CT molecular complexity index is 214. The average Bonchev–Trinajstić information content (AvgIpc) is 1.97. The average molecular weight is 225 g/mol. The Morgan fingerprint density at radius 1 is 1.46 bits per heavy atom. The summed E-state index contributed by atoms with van der Waals surface area (Å²) in [6.07, 6.45) is 3.03. The van der Waals surface area contributed by atoms with Crippen LogP contribution in [0.1, 0.15) is 19.8 Å². The number of rotatable bonds is 7. The lowest BCUT2D eigenvalue weighted by Crippen LogP contribution is -2.09. The van der Waals surface area contributed by atoms with Gasteiger partial charge in [0.2, 0.25) is 0 Å². The molecule has 0 fully saturated rings. The molecule has 3 nitrogen and oxygen atoms in total. The van der Waals surface area contributed by atoms with E-state index in [4.69, 9.17) is 5.73 Å². The Balaban J connectivity index is 3.36. The van der Waals surface area contributed by atoms with Gasteiger partial charge in [-0.2, -0.15) is 11.8 Å². The number of nitrogens with two attached hydrogens (primary N) is 1. The third kappa shape index (κ3) is 10.2. The summed E-state index contributed by atoms with van der Waals surface area (Å²) < 4.78 is 21.5.